The van der Waals surface area contributed by atoms with Gasteiger partial charge in [-0.15, -0.1) is 0 Å². The molecule has 0 aromatic heterocycles. The van der Waals surface area contributed by atoms with E-state index in [0.29, 0.717) is 30.0 Å². The highest BCUT2D eigenvalue weighted by atomic mass is 32.2. The molecule has 0 aliphatic rings. The number of nitrogens with zero attached hydrogens (tertiary/aromatic N) is 1. The van der Waals surface area contributed by atoms with Gasteiger partial charge in [0.1, 0.15) is 6.04 Å². The van der Waals surface area contributed by atoms with Crippen LogP contribution in [-0.4, -0.2) is 40.8 Å². The summed E-state index contributed by atoms with van der Waals surface area (Å²) in [5.74, 6) is 0.815. The Morgan fingerprint density at radius 2 is 1.71 bits per heavy atom. The summed E-state index contributed by atoms with van der Waals surface area (Å²) in [6.07, 6.45) is 2.08. The Bertz CT molecular complexity index is 1010. The number of carbonyl (C=O) groups excluding carboxylic acids is 1. The number of anilines is 1. The normalized spacial score (nSPS) is 13.2. The molecule has 31 heavy (non-hydrogen) atoms. The zero-order valence-corrected chi connectivity index (χ0v) is 19.8. The molecule has 0 fully saturated rings. The molecule has 0 heterocycles. The molecule has 0 aliphatic carbocycles. The van der Waals surface area contributed by atoms with Gasteiger partial charge in [-0.2, -0.15) is 0 Å². The molecular formula is C23H32N2O5S. The molecule has 2 aromatic carbocycles. The molecule has 8 heteroatoms. The van der Waals surface area contributed by atoms with E-state index in [1.807, 2.05) is 32.0 Å². The van der Waals surface area contributed by atoms with Gasteiger partial charge in [0, 0.05) is 0 Å². The minimum atomic E-state index is -3.68. The van der Waals surface area contributed by atoms with Gasteiger partial charge in [0.15, 0.2) is 11.5 Å². The van der Waals surface area contributed by atoms with Crippen LogP contribution in [0.15, 0.2) is 42.5 Å². The second-order valence-corrected chi connectivity index (χ2v) is 9.27. The van der Waals surface area contributed by atoms with E-state index in [1.54, 1.807) is 45.4 Å². The molecule has 7 nitrogen and oxygen atoms in total. The molecule has 2 aromatic rings. The van der Waals surface area contributed by atoms with Crippen molar-refractivity contribution in [1.29, 1.82) is 0 Å². The molecule has 2 atom stereocenters. The average Bonchev–Trinajstić information content (AvgIpc) is 2.73. The Labute approximate surface area is 185 Å². The number of benzene rings is 2. The maximum absolute atomic E-state index is 13.3. The van der Waals surface area contributed by atoms with Crippen molar-refractivity contribution >= 4 is 21.6 Å². The van der Waals surface area contributed by atoms with Gasteiger partial charge in [-0.05, 0) is 55.2 Å². The van der Waals surface area contributed by atoms with Gasteiger partial charge >= 0.3 is 0 Å². The molecule has 0 aliphatic heterocycles. The number of methoxy groups -OCH3 is 2. The molecule has 0 bridgehead atoms. The number of rotatable bonds is 10. The van der Waals surface area contributed by atoms with Gasteiger partial charge in [-0.25, -0.2) is 8.42 Å². The van der Waals surface area contributed by atoms with Crippen molar-refractivity contribution in [1.82, 2.24) is 5.32 Å². The Hall–Kier alpha value is -2.74. The van der Waals surface area contributed by atoms with Gasteiger partial charge in [-0.3, -0.25) is 9.10 Å². The van der Waals surface area contributed by atoms with Crippen molar-refractivity contribution in [3.8, 4) is 11.5 Å². The van der Waals surface area contributed by atoms with Crippen LogP contribution >= 0.6 is 0 Å². The highest BCUT2D eigenvalue weighted by Gasteiger charge is 2.32. The third kappa shape index (κ3) is 5.91. The van der Waals surface area contributed by atoms with Gasteiger partial charge < -0.3 is 14.8 Å². The summed E-state index contributed by atoms with van der Waals surface area (Å²) in [7, 11) is -0.563. The molecule has 0 saturated heterocycles. The van der Waals surface area contributed by atoms with E-state index in [-0.39, 0.29) is 11.9 Å². The maximum Gasteiger partial charge on any atom is 0.244 e. The molecule has 1 N–H and O–H groups in total. The van der Waals surface area contributed by atoms with E-state index in [2.05, 4.69) is 5.32 Å². The van der Waals surface area contributed by atoms with E-state index in [9.17, 15) is 13.2 Å². The number of hydrogen-bond donors (Lipinski definition) is 1. The average molecular weight is 449 g/mol. The zero-order valence-electron chi connectivity index (χ0n) is 19.0. The monoisotopic (exact) mass is 448 g/mol. The standard InChI is InChI=1S/C23H32N2O5S/c1-7-19(17-12-13-21(29-4)22(15-17)30-5)24-23(26)20(8-2)25(31(6,27)28)18-11-9-10-16(3)14-18/h9-15,19-20H,7-8H2,1-6H3,(H,24,26)/t19-,20-/m0/s1. The molecule has 170 valence electrons. The van der Waals surface area contributed by atoms with Gasteiger partial charge in [-0.1, -0.05) is 32.0 Å². The van der Waals surface area contributed by atoms with E-state index in [0.717, 1.165) is 17.4 Å². The SMILES string of the molecule is CC[C@H](NC(=O)[C@H](CC)N(c1cccc(C)c1)S(C)(=O)=O)c1ccc(OC)c(OC)c1. The number of amides is 1. The lowest BCUT2D eigenvalue weighted by Crippen LogP contribution is -2.50. The van der Waals surface area contributed by atoms with Crippen LogP contribution in [0.5, 0.6) is 11.5 Å². The van der Waals surface area contributed by atoms with Crippen molar-refractivity contribution in [3.05, 3.63) is 53.6 Å². The topological polar surface area (TPSA) is 84.9 Å². The van der Waals surface area contributed by atoms with Crippen LogP contribution in [0.1, 0.15) is 43.9 Å². The minimum absolute atomic E-state index is 0.305. The first-order valence-electron chi connectivity index (χ1n) is 10.2. The van der Waals surface area contributed by atoms with Crippen molar-refractivity contribution in [2.24, 2.45) is 0 Å². The fourth-order valence-electron chi connectivity index (χ4n) is 3.58. The highest BCUT2D eigenvalue weighted by molar-refractivity contribution is 7.92. The highest BCUT2D eigenvalue weighted by Crippen LogP contribution is 2.31. The van der Waals surface area contributed by atoms with Crippen LogP contribution < -0.4 is 19.1 Å². The number of nitrogens with one attached hydrogen (secondary N) is 1. The van der Waals surface area contributed by atoms with E-state index < -0.39 is 16.1 Å². The summed E-state index contributed by atoms with van der Waals surface area (Å²) in [4.78, 5) is 13.3. The second-order valence-electron chi connectivity index (χ2n) is 7.41. The molecule has 0 saturated carbocycles. The van der Waals surface area contributed by atoms with Crippen molar-refractivity contribution < 1.29 is 22.7 Å². The van der Waals surface area contributed by atoms with E-state index in [4.69, 9.17) is 9.47 Å². The fraction of sp³-hybridized carbons (Fsp3) is 0.435. The quantitative estimate of drug-likeness (QED) is 0.597. The first-order chi connectivity index (χ1) is 14.7. The fourth-order valence-corrected chi connectivity index (χ4v) is 4.79. The molecular weight excluding hydrogens is 416 g/mol. The Morgan fingerprint density at radius 3 is 2.23 bits per heavy atom. The Balaban J connectivity index is 2.37. The van der Waals surface area contributed by atoms with Crippen LogP contribution in [0.4, 0.5) is 5.69 Å². The van der Waals surface area contributed by atoms with E-state index >= 15 is 0 Å². The molecule has 0 unspecified atom stereocenters. The molecule has 0 spiro atoms. The van der Waals surface area contributed by atoms with Crippen LogP contribution in [-0.2, 0) is 14.8 Å². The predicted octanol–water partition coefficient (Wildman–Crippen LogP) is 3.82. The largest absolute Gasteiger partial charge is 0.493 e. The van der Waals surface area contributed by atoms with E-state index in [1.165, 1.54) is 4.31 Å². The van der Waals surface area contributed by atoms with Crippen LogP contribution in [0, 0.1) is 6.92 Å². The van der Waals surface area contributed by atoms with Crippen LogP contribution in [0.25, 0.3) is 0 Å². The van der Waals surface area contributed by atoms with Crippen LogP contribution in [0.2, 0.25) is 0 Å². The minimum Gasteiger partial charge on any atom is -0.493 e. The maximum atomic E-state index is 13.3. The molecule has 0 radical (unpaired) electrons. The Morgan fingerprint density at radius 1 is 1.03 bits per heavy atom. The van der Waals surface area contributed by atoms with Gasteiger partial charge in [0.25, 0.3) is 0 Å². The lowest BCUT2D eigenvalue weighted by Gasteiger charge is -2.31. The number of hydrogen-bond acceptors (Lipinski definition) is 5. The summed E-state index contributed by atoms with van der Waals surface area (Å²) < 4.78 is 37.1. The van der Waals surface area contributed by atoms with Crippen molar-refractivity contribution in [3.63, 3.8) is 0 Å². The third-order valence-electron chi connectivity index (χ3n) is 5.12. The first kappa shape index (κ1) is 24.5. The lowest BCUT2D eigenvalue weighted by molar-refractivity contribution is -0.123. The number of sulfonamides is 1. The zero-order chi connectivity index (χ0) is 23.2. The summed E-state index contributed by atoms with van der Waals surface area (Å²) in [5, 5.41) is 3.02. The summed E-state index contributed by atoms with van der Waals surface area (Å²) in [6, 6.07) is 11.4. The lowest BCUT2D eigenvalue weighted by atomic mass is 10.0. The predicted molar refractivity (Wildman–Crippen MR) is 123 cm³/mol. The van der Waals surface area contributed by atoms with Gasteiger partial charge in [0.05, 0.1) is 32.2 Å². The summed E-state index contributed by atoms with van der Waals surface area (Å²) >= 11 is 0. The molecule has 1 amide bonds. The van der Waals surface area contributed by atoms with Crippen LogP contribution in [0.3, 0.4) is 0 Å². The first-order valence-corrected chi connectivity index (χ1v) is 12.1. The van der Waals surface area contributed by atoms with Crippen molar-refractivity contribution in [2.75, 3.05) is 24.8 Å². The Kier molecular flexibility index (Phi) is 8.33. The summed E-state index contributed by atoms with van der Waals surface area (Å²) in [5.41, 5.74) is 2.24. The third-order valence-corrected chi connectivity index (χ3v) is 6.30. The molecule has 2 rings (SSSR count). The smallest absolute Gasteiger partial charge is 0.244 e. The summed E-state index contributed by atoms with van der Waals surface area (Å²) in [6.45, 7) is 5.64. The van der Waals surface area contributed by atoms with Crippen molar-refractivity contribution in [2.45, 2.75) is 45.7 Å². The van der Waals surface area contributed by atoms with Gasteiger partial charge in [0.2, 0.25) is 15.9 Å². The number of ether oxygens (including phenoxy) is 2. The second kappa shape index (κ2) is 10.5. The number of carbonyl (C=O) groups is 1. The number of aryl methyl sites for hydroxylation is 1.